The molecule has 1 heterocycles. The summed E-state index contributed by atoms with van der Waals surface area (Å²) in [5.41, 5.74) is -0.960. The van der Waals surface area contributed by atoms with Crippen LogP contribution in [0.2, 0.25) is 0 Å². The Morgan fingerprint density at radius 1 is 1.44 bits per heavy atom. The first-order chi connectivity index (χ1) is 12.5. The number of benzene rings is 1. The lowest BCUT2D eigenvalue weighted by molar-refractivity contribution is -0.387. The maximum atomic E-state index is 13.5. The fraction of sp³-hybridized carbons (Fsp3) is 0.556. The van der Waals surface area contributed by atoms with Crippen molar-refractivity contribution in [3.05, 3.63) is 39.7 Å². The van der Waals surface area contributed by atoms with E-state index >= 15 is 0 Å². The van der Waals surface area contributed by atoms with E-state index in [4.69, 9.17) is 4.74 Å². The van der Waals surface area contributed by atoms with Crippen molar-refractivity contribution < 1.29 is 28.7 Å². The van der Waals surface area contributed by atoms with E-state index in [2.05, 4.69) is 0 Å². The number of ether oxygens (including phenoxy) is 1. The molecule has 1 aromatic rings. The standard InChI is InChI=1S/C18H23FN2O6/c1-18(2,3)27-17(24)20-7-6-12(10-20)13(16(22)23)8-11-4-5-14(19)15(9-11)21(25)26/h4-5,9,12-13H,6-8,10H2,1-3H3,(H,22,23)/t12-,13-/m0/s1. The minimum Gasteiger partial charge on any atom is -0.481 e. The molecule has 1 aliphatic rings. The van der Waals surface area contributed by atoms with Crippen LogP contribution in [0.25, 0.3) is 0 Å². The number of hydrogen-bond donors (Lipinski definition) is 1. The molecule has 0 unspecified atom stereocenters. The fourth-order valence-corrected chi connectivity index (χ4v) is 3.14. The summed E-state index contributed by atoms with van der Waals surface area (Å²) in [7, 11) is 0. The predicted octanol–water partition coefficient (Wildman–Crippen LogP) is 3.23. The number of aliphatic carboxylic acids is 1. The Morgan fingerprint density at radius 2 is 2.11 bits per heavy atom. The topological polar surface area (TPSA) is 110 Å². The summed E-state index contributed by atoms with van der Waals surface area (Å²) in [6.45, 7) is 5.86. The summed E-state index contributed by atoms with van der Waals surface area (Å²) < 4.78 is 18.8. The van der Waals surface area contributed by atoms with Gasteiger partial charge in [0.05, 0.1) is 10.8 Å². The molecule has 1 amide bonds. The molecule has 148 valence electrons. The molecule has 1 N–H and O–H groups in total. The van der Waals surface area contributed by atoms with E-state index in [-0.39, 0.29) is 18.9 Å². The maximum absolute atomic E-state index is 13.5. The van der Waals surface area contributed by atoms with Gasteiger partial charge < -0.3 is 14.7 Å². The quantitative estimate of drug-likeness (QED) is 0.618. The second-order valence-electron chi connectivity index (χ2n) is 7.67. The van der Waals surface area contributed by atoms with Gasteiger partial charge in [0.1, 0.15) is 5.60 Å². The molecule has 0 bridgehead atoms. The Kier molecular flexibility index (Phi) is 6.02. The molecule has 1 aromatic carbocycles. The van der Waals surface area contributed by atoms with Crippen LogP contribution in [0.15, 0.2) is 18.2 Å². The smallest absolute Gasteiger partial charge is 0.410 e. The minimum absolute atomic E-state index is 0.0171. The average molecular weight is 382 g/mol. The zero-order valence-corrected chi connectivity index (χ0v) is 15.5. The Bertz CT molecular complexity index is 746. The van der Waals surface area contributed by atoms with Crippen molar-refractivity contribution in [2.24, 2.45) is 11.8 Å². The molecule has 1 aliphatic heterocycles. The first kappa shape index (κ1) is 20.6. The van der Waals surface area contributed by atoms with Crippen LogP contribution in [0, 0.1) is 27.8 Å². The number of rotatable bonds is 5. The zero-order valence-electron chi connectivity index (χ0n) is 15.5. The lowest BCUT2D eigenvalue weighted by Crippen LogP contribution is -2.36. The van der Waals surface area contributed by atoms with Gasteiger partial charge in [-0.3, -0.25) is 14.9 Å². The van der Waals surface area contributed by atoms with Crippen molar-refractivity contribution >= 4 is 17.7 Å². The van der Waals surface area contributed by atoms with E-state index in [0.717, 1.165) is 12.1 Å². The molecule has 0 radical (unpaired) electrons. The molecule has 2 rings (SSSR count). The van der Waals surface area contributed by atoms with Gasteiger partial charge >= 0.3 is 17.7 Å². The number of carboxylic acid groups (broad SMARTS) is 1. The van der Waals surface area contributed by atoms with E-state index in [1.54, 1.807) is 20.8 Å². The van der Waals surface area contributed by atoms with Crippen molar-refractivity contribution in [1.82, 2.24) is 4.90 Å². The van der Waals surface area contributed by atoms with Gasteiger partial charge in [0.15, 0.2) is 0 Å². The number of likely N-dealkylation sites (tertiary alicyclic amines) is 1. The fourth-order valence-electron chi connectivity index (χ4n) is 3.14. The molecule has 0 saturated carbocycles. The van der Waals surface area contributed by atoms with Crippen LogP contribution in [0.1, 0.15) is 32.8 Å². The Morgan fingerprint density at radius 3 is 2.67 bits per heavy atom. The van der Waals surface area contributed by atoms with Gasteiger partial charge in [0.25, 0.3) is 0 Å². The second kappa shape index (κ2) is 7.89. The molecule has 2 atom stereocenters. The first-order valence-corrected chi connectivity index (χ1v) is 8.61. The Hall–Kier alpha value is -2.71. The third-order valence-corrected chi connectivity index (χ3v) is 4.43. The molecule has 1 fully saturated rings. The SMILES string of the molecule is CC(C)(C)OC(=O)N1CC[C@H]([C@H](Cc2ccc(F)c([N+](=O)[O-])c2)C(=O)O)C1. The van der Waals surface area contributed by atoms with E-state index in [9.17, 15) is 29.2 Å². The number of amides is 1. The minimum atomic E-state index is -1.06. The highest BCUT2D eigenvalue weighted by atomic mass is 19.1. The molecular weight excluding hydrogens is 359 g/mol. The zero-order chi connectivity index (χ0) is 20.4. The molecule has 27 heavy (non-hydrogen) atoms. The molecule has 1 saturated heterocycles. The third kappa shape index (κ3) is 5.38. The van der Waals surface area contributed by atoms with Crippen LogP contribution in [0.3, 0.4) is 0 Å². The van der Waals surface area contributed by atoms with Crippen molar-refractivity contribution in [3.63, 3.8) is 0 Å². The molecule has 0 spiro atoms. The summed E-state index contributed by atoms with van der Waals surface area (Å²) in [5, 5.41) is 20.5. The van der Waals surface area contributed by atoms with Gasteiger partial charge in [-0.05, 0) is 51.2 Å². The molecular formula is C18H23FN2O6. The lowest BCUT2D eigenvalue weighted by Gasteiger charge is -2.25. The number of carboxylic acids is 1. The normalized spacial score (nSPS) is 18.2. The van der Waals surface area contributed by atoms with Crippen molar-refractivity contribution in [3.8, 4) is 0 Å². The highest BCUT2D eigenvalue weighted by molar-refractivity contribution is 5.72. The summed E-state index contributed by atoms with van der Waals surface area (Å²) in [5.74, 6) is -3.19. The number of nitro benzene ring substituents is 1. The van der Waals surface area contributed by atoms with Gasteiger partial charge in [-0.25, -0.2) is 4.79 Å². The van der Waals surface area contributed by atoms with Gasteiger partial charge in [0.2, 0.25) is 5.82 Å². The summed E-state index contributed by atoms with van der Waals surface area (Å²) in [4.78, 5) is 35.4. The number of carbonyl (C=O) groups excluding carboxylic acids is 1. The summed E-state index contributed by atoms with van der Waals surface area (Å²) in [6, 6.07) is 3.37. The third-order valence-electron chi connectivity index (χ3n) is 4.43. The van der Waals surface area contributed by atoms with Crippen LogP contribution < -0.4 is 0 Å². The number of halogens is 1. The van der Waals surface area contributed by atoms with Crippen LogP contribution in [-0.4, -0.2) is 45.7 Å². The monoisotopic (exact) mass is 382 g/mol. The molecule has 0 aromatic heterocycles. The maximum Gasteiger partial charge on any atom is 0.410 e. The number of carbonyl (C=O) groups is 2. The van der Waals surface area contributed by atoms with Gasteiger partial charge in [-0.15, -0.1) is 0 Å². The van der Waals surface area contributed by atoms with Crippen LogP contribution in [0.5, 0.6) is 0 Å². The number of nitrogens with zero attached hydrogens (tertiary/aromatic N) is 2. The van der Waals surface area contributed by atoms with Crippen molar-refractivity contribution in [2.75, 3.05) is 13.1 Å². The van der Waals surface area contributed by atoms with E-state index < -0.39 is 40.0 Å². The van der Waals surface area contributed by atoms with Crippen LogP contribution in [-0.2, 0) is 16.0 Å². The van der Waals surface area contributed by atoms with E-state index in [0.29, 0.717) is 18.5 Å². The summed E-state index contributed by atoms with van der Waals surface area (Å²) in [6.07, 6.45) is 0.00883. The van der Waals surface area contributed by atoms with Crippen LogP contribution in [0.4, 0.5) is 14.9 Å². The van der Waals surface area contributed by atoms with Gasteiger partial charge in [-0.2, -0.15) is 4.39 Å². The Balaban J connectivity index is 2.11. The van der Waals surface area contributed by atoms with E-state index in [1.165, 1.54) is 11.0 Å². The van der Waals surface area contributed by atoms with Gasteiger partial charge in [-0.1, -0.05) is 6.07 Å². The van der Waals surface area contributed by atoms with Crippen molar-refractivity contribution in [1.29, 1.82) is 0 Å². The van der Waals surface area contributed by atoms with Crippen molar-refractivity contribution in [2.45, 2.75) is 39.2 Å². The Labute approximate surface area is 156 Å². The molecule has 8 nitrogen and oxygen atoms in total. The molecule has 0 aliphatic carbocycles. The highest BCUT2D eigenvalue weighted by Crippen LogP contribution is 2.30. The number of nitro groups is 1. The number of hydrogen-bond acceptors (Lipinski definition) is 5. The predicted molar refractivity (Wildman–Crippen MR) is 93.8 cm³/mol. The lowest BCUT2D eigenvalue weighted by atomic mass is 9.86. The van der Waals surface area contributed by atoms with Gasteiger partial charge in [0, 0.05) is 19.2 Å². The van der Waals surface area contributed by atoms with Crippen LogP contribution >= 0.6 is 0 Å². The summed E-state index contributed by atoms with van der Waals surface area (Å²) >= 11 is 0. The molecule has 9 heteroatoms. The highest BCUT2D eigenvalue weighted by Gasteiger charge is 2.37. The second-order valence-corrected chi connectivity index (χ2v) is 7.67. The largest absolute Gasteiger partial charge is 0.481 e. The first-order valence-electron chi connectivity index (χ1n) is 8.61. The van der Waals surface area contributed by atoms with E-state index in [1.807, 2.05) is 0 Å². The average Bonchev–Trinajstić information content (AvgIpc) is 3.01.